The van der Waals surface area contributed by atoms with Crippen molar-refractivity contribution in [2.45, 2.75) is 32.9 Å². The predicted octanol–water partition coefficient (Wildman–Crippen LogP) is 1.34. The maximum Gasteiger partial charge on any atom is 0.0272 e. The molecular formula is C7H15N. The third kappa shape index (κ3) is 0.752. The minimum atomic E-state index is 0.843. The molecule has 0 aromatic carbocycles. The zero-order valence-electron chi connectivity index (χ0n) is 6.18. The van der Waals surface area contributed by atoms with E-state index in [0.717, 1.165) is 18.0 Å². The molecule has 1 aliphatic heterocycles. The van der Waals surface area contributed by atoms with E-state index in [0.29, 0.717) is 0 Å². The second-order valence-corrected chi connectivity index (χ2v) is 3.14. The van der Waals surface area contributed by atoms with Crippen LogP contribution in [0.25, 0.3) is 0 Å². The Morgan fingerprint density at radius 1 is 1.38 bits per heavy atom. The summed E-state index contributed by atoms with van der Waals surface area (Å²) in [6, 6.07) is 1.71. The van der Waals surface area contributed by atoms with Crippen LogP contribution in [-0.2, 0) is 0 Å². The molecule has 1 saturated heterocycles. The summed E-state index contributed by atoms with van der Waals surface area (Å²) < 4.78 is 0. The Morgan fingerprint density at radius 2 is 1.75 bits per heavy atom. The van der Waals surface area contributed by atoms with Crippen LogP contribution in [0.3, 0.4) is 0 Å². The van der Waals surface area contributed by atoms with Gasteiger partial charge in [0.15, 0.2) is 0 Å². The van der Waals surface area contributed by atoms with Crippen molar-refractivity contribution < 1.29 is 0 Å². The first-order valence-electron chi connectivity index (χ1n) is 3.36. The molecule has 1 nitrogen and oxygen atoms in total. The highest BCUT2D eigenvalue weighted by atomic mass is 15.3. The minimum Gasteiger partial charge on any atom is -0.297 e. The summed E-state index contributed by atoms with van der Waals surface area (Å²) in [5.74, 6) is 0.843. The molecule has 1 fully saturated rings. The Kier molecular flexibility index (Phi) is 1.31. The Hall–Kier alpha value is -0.0400. The molecule has 0 bridgehead atoms. The van der Waals surface area contributed by atoms with Crippen molar-refractivity contribution >= 4 is 0 Å². The molecule has 0 aliphatic carbocycles. The van der Waals surface area contributed by atoms with Crippen molar-refractivity contribution in [2.24, 2.45) is 5.92 Å². The number of hydrogen-bond acceptors (Lipinski definition) is 1. The second-order valence-electron chi connectivity index (χ2n) is 3.14. The second kappa shape index (κ2) is 1.73. The fourth-order valence-electron chi connectivity index (χ4n) is 1.55. The number of hydrogen-bond donors (Lipinski definition) is 0. The van der Waals surface area contributed by atoms with E-state index in [1.54, 1.807) is 0 Å². The van der Waals surface area contributed by atoms with E-state index >= 15 is 0 Å². The largest absolute Gasteiger partial charge is 0.297 e. The molecule has 0 aromatic heterocycles. The average Bonchev–Trinajstić information content (AvgIpc) is 2.15. The summed E-state index contributed by atoms with van der Waals surface area (Å²) in [4.78, 5) is 2.41. The van der Waals surface area contributed by atoms with Crippen molar-refractivity contribution in [2.75, 3.05) is 7.05 Å². The van der Waals surface area contributed by atoms with E-state index in [1.807, 2.05) is 0 Å². The summed E-state index contributed by atoms with van der Waals surface area (Å²) in [7, 11) is 2.19. The van der Waals surface area contributed by atoms with Gasteiger partial charge in [0.2, 0.25) is 0 Å². The lowest BCUT2D eigenvalue weighted by Crippen LogP contribution is -2.02. The normalized spacial score (nSPS) is 45.4. The van der Waals surface area contributed by atoms with Crippen molar-refractivity contribution in [3.8, 4) is 0 Å². The maximum absolute atomic E-state index is 2.41. The highest BCUT2D eigenvalue weighted by Gasteiger charge is 2.41. The molecule has 3 unspecified atom stereocenters. The van der Waals surface area contributed by atoms with Crippen LogP contribution in [0.4, 0.5) is 0 Å². The molecule has 0 saturated carbocycles. The molecule has 0 amide bonds. The zero-order valence-corrected chi connectivity index (χ0v) is 6.18. The fraction of sp³-hybridized carbons (Fsp3) is 1.00. The molecule has 0 radical (unpaired) electrons. The zero-order chi connectivity index (χ0) is 6.31. The first-order valence-corrected chi connectivity index (χ1v) is 3.36. The van der Waals surface area contributed by atoms with E-state index < -0.39 is 0 Å². The highest BCUT2D eigenvalue weighted by molar-refractivity contribution is 4.97. The van der Waals surface area contributed by atoms with Crippen molar-refractivity contribution in [1.82, 2.24) is 4.90 Å². The fourth-order valence-corrected chi connectivity index (χ4v) is 1.55. The van der Waals surface area contributed by atoms with Crippen LogP contribution in [0.5, 0.6) is 0 Å². The Labute approximate surface area is 51.7 Å². The van der Waals surface area contributed by atoms with Gasteiger partial charge in [-0.2, -0.15) is 0 Å². The Balaban J connectivity index is 2.33. The van der Waals surface area contributed by atoms with E-state index in [9.17, 15) is 0 Å². The van der Waals surface area contributed by atoms with Gasteiger partial charge < -0.3 is 0 Å². The third-order valence-electron chi connectivity index (χ3n) is 2.20. The van der Waals surface area contributed by atoms with E-state index in [2.05, 4.69) is 32.7 Å². The standard InChI is InChI=1S/C7H15N/c1-5(2)7-6(3)8(7)4/h5-7H,1-4H3. The van der Waals surface area contributed by atoms with E-state index in [1.165, 1.54) is 0 Å². The van der Waals surface area contributed by atoms with Crippen LogP contribution in [0.2, 0.25) is 0 Å². The van der Waals surface area contributed by atoms with Gasteiger partial charge in [-0.05, 0) is 19.9 Å². The van der Waals surface area contributed by atoms with Gasteiger partial charge in [-0.1, -0.05) is 13.8 Å². The smallest absolute Gasteiger partial charge is 0.0272 e. The maximum atomic E-state index is 2.41. The van der Waals surface area contributed by atoms with Crippen molar-refractivity contribution in [1.29, 1.82) is 0 Å². The quantitative estimate of drug-likeness (QED) is 0.464. The molecular weight excluding hydrogens is 98.1 g/mol. The molecule has 48 valence electrons. The van der Waals surface area contributed by atoms with Gasteiger partial charge in [-0.3, -0.25) is 4.90 Å². The average molecular weight is 113 g/mol. The molecule has 8 heavy (non-hydrogen) atoms. The first kappa shape index (κ1) is 6.09. The van der Waals surface area contributed by atoms with Gasteiger partial charge in [0.1, 0.15) is 0 Å². The van der Waals surface area contributed by atoms with E-state index in [-0.39, 0.29) is 0 Å². The number of likely N-dealkylation sites (N-methyl/N-ethyl adjacent to an activating group) is 1. The van der Waals surface area contributed by atoms with Gasteiger partial charge in [-0.15, -0.1) is 0 Å². The molecule has 1 heteroatoms. The number of nitrogens with zero attached hydrogens (tertiary/aromatic N) is 1. The monoisotopic (exact) mass is 113 g/mol. The van der Waals surface area contributed by atoms with Gasteiger partial charge in [0.25, 0.3) is 0 Å². The van der Waals surface area contributed by atoms with Crippen LogP contribution in [0.1, 0.15) is 20.8 Å². The molecule has 0 N–H and O–H groups in total. The summed E-state index contributed by atoms with van der Waals surface area (Å²) in [5, 5.41) is 0. The summed E-state index contributed by atoms with van der Waals surface area (Å²) in [6.45, 7) is 6.85. The topological polar surface area (TPSA) is 3.01 Å². The van der Waals surface area contributed by atoms with Gasteiger partial charge in [-0.25, -0.2) is 0 Å². The van der Waals surface area contributed by atoms with Gasteiger partial charge in [0.05, 0.1) is 0 Å². The molecule has 0 spiro atoms. The molecule has 1 rings (SSSR count). The predicted molar refractivity (Wildman–Crippen MR) is 35.9 cm³/mol. The van der Waals surface area contributed by atoms with Crippen LogP contribution < -0.4 is 0 Å². The lowest BCUT2D eigenvalue weighted by atomic mass is 10.1. The van der Waals surface area contributed by atoms with Gasteiger partial charge >= 0.3 is 0 Å². The van der Waals surface area contributed by atoms with Crippen LogP contribution in [-0.4, -0.2) is 24.0 Å². The van der Waals surface area contributed by atoms with Crippen molar-refractivity contribution in [3.63, 3.8) is 0 Å². The number of rotatable bonds is 1. The SMILES string of the molecule is CC(C)C1C(C)N1C. The molecule has 1 aliphatic rings. The third-order valence-corrected chi connectivity index (χ3v) is 2.20. The van der Waals surface area contributed by atoms with Crippen LogP contribution in [0.15, 0.2) is 0 Å². The molecule has 0 aromatic rings. The lowest BCUT2D eigenvalue weighted by molar-refractivity contribution is 0.505. The lowest BCUT2D eigenvalue weighted by Gasteiger charge is -1.97. The van der Waals surface area contributed by atoms with E-state index in [4.69, 9.17) is 0 Å². The highest BCUT2D eigenvalue weighted by Crippen LogP contribution is 2.30. The Bertz CT molecular complexity index is 73.6. The van der Waals surface area contributed by atoms with Crippen LogP contribution in [0, 0.1) is 5.92 Å². The summed E-state index contributed by atoms with van der Waals surface area (Å²) in [6.07, 6.45) is 0. The van der Waals surface area contributed by atoms with Crippen molar-refractivity contribution in [3.05, 3.63) is 0 Å². The minimum absolute atomic E-state index is 0.843. The molecule has 3 atom stereocenters. The summed E-state index contributed by atoms with van der Waals surface area (Å²) >= 11 is 0. The first-order chi connectivity index (χ1) is 3.64. The molecule has 1 heterocycles. The summed E-state index contributed by atoms with van der Waals surface area (Å²) in [5.41, 5.74) is 0. The Morgan fingerprint density at radius 3 is 1.75 bits per heavy atom. The van der Waals surface area contributed by atoms with Crippen LogP contribution >= 0.6 is 0 Å². The van der Waals surface area contributed by atoms with Gasteiger partial charge in [0, 0.05) is 12.1 Å².